The standard InChI is InChI=1S/C15H22BrNOS/c16-14-4-2-13-11-15(5-3-12(13)10-14)17-6-9-19-8-1-7-18/h2,4,10,15,17-18H,1,3,5-9,11H2. The number of hydrogen-bond donors (Lipinski definition) is 2. The van der Waals surface area contributed by atoms with E-state index in [0.29, 0.717) is 12.6 Å². The molecular formula is C15H22BrNOS. The summed E-state index contributed by atoms with van der Waals surface area (Å²) in [5.41, 5.74) is 3.00. The topological polar surface area (TPSA) is 32.3 Å². The Morgan fingerprint density at radius 3 is 3.05 bits per heavy atom. The van der Waals surface area contributed by atoms with Crippen LogP contribution in [-0.2, 0) is 12.8 Å². The van der Waals surface area contributed by atoms with E-state index < -0.39 is 0 Å². The molecule has 2 N–H and O–H groups in total. The smallest absolute Gasteiger partial charge is 0.0438 e. The minimum absolute atomic E-state index is 0.315. The van der Waals surface area contributed by atoms with E-state index in [9.17, 15) is 0 Å². The molecule has 0 amide bonds. The maximum absolute atomic E-state index is 8.71. The van der Waals surface area contributed by atoms with Crippen LogP contribution < -0.4 is 5.32 Å². The third-order valence-electron chi connectivity index (χ3n) is 3.52. The molecule has 1 aliphatic rings. The van der Waals surface area contributed by atoms with Crippen molar-refractivity contribution in [2.24, 2.45) is 0 Å². The molecule has 2 rings (SSSR count). The number of aliphatic hydroxyl groups is 1. The lowest BCUT2D eigenvalue weighted by Gasteiger charge is -2.25. The van der Waals surface area contributed by atoms with Gasteiger partial charge in [0, 0.05) is 29.4 Å². The molecule has 0 saturated carbocycles. The van der Waals surface area contributed by atoms with Crippen molar-refractivity contribution in [3.05, 3.63) is 33.8 Å². The van der Waals surface area contributed by atoms with E-state index in [2.05, 4.69) is 39.4 Å². The molecule has 2 nitrogen and oxygen atoms in total. The van der Waals surface area contributed by atoms with E-state index in [4.69, 9.17) is 5.11 Å². The zero-order valence-corrected chi connectivity index (χ0v) is 13.6. The molecule has 0 bridgehead atoms. The second-order valence-electron chi connectivity index (χ2n) is 5.00. The lowest BCUT2D eigenvalue weighted by Crippen LogP contribution is -2.35. The largest absolute Gasteiger partial charge is 0.396 e. The summed E-state index contributed by atoms with van der Waals surface area (Å²) in [6, 6.07) is 7.29. The van der Waals surface area contributed by atoms with Gasteiger partial charge >= 0.3 is 0 Å². The van der Waals surface area contributed by atoms with Crippen LogP contribution in [0.3, 0.4) is 0 Å². The molecular weight excluding hydrogens is 322 g/mol. The van der Waals surface area contributed by atoms with Crippen LogP contribution in [0.25, 0.3) is 0 Å². The summed E-state index contributed by atoms with van der Waals surface area (Å²) >= 11 is 5.47. The van der Waals surface area contributed by atoms with Crippen LogP contribution in [0, 0.1) is 0 Å². The molecule has 0 heterocycles. The fraction of sp³-hybridized carbons (Fsp3) is 0.600. The molecule has 1 aromatic rings. The summed E-state index contributed by atoms with van der Waals surface area (Å²) in [7, 11) is 0. The molecule has 4 heteroatoms. The first-order chi connectivity index (χ1) is 9.29. The average molecular weight is 344 g/mol. The number of benzene rings is 1. The Morgan fingerprint density at radius 1 is 1.32 bits per heavy atom. The average Bonchev–Trinajstić information content (AvgIpc) is 2.43. The molecule has 106 valence electrons. The van der Waals surface area contributed by atoms with E-state index in [1.54, 1.807) is 0 Å². The molecule has 0 fully saturated rings. The van der Waals surface area contributed by atoms with Crippen molar-refractivity contribution < 1.29 is 5.11 Å². The van der Waals surface area contributed by atoms with Crippen LogP contribution in [0.4, 0.5) is 0 Å². The number of aryl methyl sites for hydroxylation is 1. The SMILES string of the molecule is OCCCSCCNC1CCc2cc(Br)ccc2C1. The van der Waals surface area contributed by atoms with Gasteiger partial charge in [0.15, 0.2) is 0 Å². The second-order valence-corrected chi connectivity index (χ2v) is 7.14. The van der Waals surface area contributed by atoms with Gasteiger partial charge in [0.05, 0.1) is 0 Å². The molecule has 0 aliphatic heterocycles. The van der Waals surface area contributed by atoms with Gasteiger partial charge in [-0.15, -0.1) is 0 Å². The monoisotopic (exact) mass is 343 g/mol. The Hall–Kier alpha value is -0.0300. The number of nitrogens with one attached hydrogen (secondary N) is 1. The van der Waals surface area contributed by atoms with Crippen molar-refractivity contribution in [2.75, 3.05) is 24.7 Å². The Balaban J connectivity index is 1.69. The molecule has 1 aliphatic carbocycles. The lowest BCUT2D eigenvalue weighted by atomic mass is 9.88. The summed E-state index contributed by atoms with van der Waals surface area (Å²) < 4.78 is 1.19. The minimum atomic E-state index is 0.315. The van der Waals surface area contributed by atoms with E-state index in [1.807, 2.05) is 11.8 Å². The predicted molar refractivity (Wildman–Crippen MR) is 87.0 cm³/mol. The van der Waals surface area contributed by atoms with Crippen molar-refractivity contribution in [2.45, 2.75) is 31.7 Å². The highest BCUT2D eigenvalue weighted by molar-refractivity contribution is 9.10. The number of thioether (sulfide) groups is 1. The Morgan fingerprint density at radius 2 is 2.21 bits per heavy atom. The molecule has 0 saturated heterocycles. The van der Waals surface area contributed by atoms with Crippen molar-refractivity contribution >= 4 is 27.7 Å². The lowest BCUT2D eigenvalue weighted by molar-refractivity contribution is 0.296. The number of fused-ring (bicyclic) bond motifs is 1. The highest BCUT2D eigenvalue weighted by Gasteiger charge is 2.17. The van der Waals surface area contributed by atoms with Gasteiger partial charge in [0.25, 0.3) is 0 Å². The molecule has 1 unspecified atom stereocenters. The maximum atomic E-state index is 8.71. The summed E-state index contributed by atoms with van der Waals surface area (Å²) in [6.07, 6.45) is 4.50. The maximum Gasteiger partial charge on any atom is 0.0438 e. The summed E-state index contributed by atoms with van der Waals surface area (Å²) in [4.78, 5) is 0. The van der Waals surface area contributed by atoms with E-state index in [1.165, 1.54) is 28.4 Å². The first-order valence-corrected chi connectivity index (χ1v) is 8.93. The Labute approximate surface area is 128 Å². The fourth-order valence-electron chi connectivity index (χ4n) is 2.50. The second kappa shape index (κ2) is 8.30. The normalized spacial score (nSPS) is 18.3. The van der Waals surface area contributed by atoms with Gasteiger partial charge in [-0.2, -0.15) is 11.8 Å². The number of aliphatic hydroxyl groups excluding tert-OH is 1. The Bertz CT molecular complexity index is 400. The van der Waals surface area contributed by atoms with Crippen LogP contribution >= 0.6 is 27.7 Å². The molecule has 0 spiro atoms. The van der Waals surface area contributed by atoms with E-state index in [0.717, 1.165) is 30.9 Å². The van der Waals surface area contributed by atoms with Gasteiger partial charge in [-0.25, -0.2) is 0 Å². The number of halogens is 1. The number of rotatable bonds is 7. The third-order valence-corrected chi connectivity index (χ3v) is 5.09. The highest BCUT2D eigenvalue weighted by atomic mass is 79.9. The molecule has 0 radical (unpaired) electrons. The summed E-state index contributed by atoms with van der Waals surface area (Å²) in [5.74, 6) is 2.21. The first-order valence-electron chi connectivity index (χ1n) is 6.99. The number of hydrogen-bond acceptors (Lipinski definition) is 3. The van der Waals surface area contributed by atoms with Crippen LogP contribution in [0.15, 0.2) is 22.7 Å². The first kappa shape index (κ1) is 15.4. The van der Waals surface area contributed by atoms with Gasteiger partial charge in [-0.3, -0.25) is 0 Å². The van der Waals surface area contributed by atoms with E-state index in [-0.39, 0.29) is 0 Å². The quantitative estimate of drug-likeness (QED) is 0.746. The van der Waals surface area contributed by atoms with Gasteiger partial charge < -0.3 is 10.4 Å². The van der Waals surface area contributed by atoms with Gasteiger partial charge in [0.1, 0.15) is 0 Å². The minimum Gasteiger partial charge on any atom is -0.396 e. The van der Waals surface area contributed by atoms with E-state index >= 15 is 0 Å². The van der Waals surface area contributed by atoms with Crippen LogP contribution in [0.2, 0.25) is 0 Å². The molecule has 1 atom stereocenters. The van der Waals surface area contributed by atoms with Crippen molar-refractivity contribution in [3.63, 3.8) is 0 Å². The van der Waals surface area contributed by atoms with Crippen LogP contribution in [0.5, 0.6) is 0 Å². The van der Waals surface area contributed by atoms with Crippen molar-refractivity contribution in [3.8, 4) is 0 Å². The predicted octanol–water partition coefficient (Wildman–Crippen LogP) is 3.01. The van der Waals surface area contributed by atoms with Crippen LogP contribution in [-0.4, -0.2) is 35.8 Å². The summed E-state index contributed by atoms with van der Waals surface area (Å²) in [5, 5.41) is 12.4. The fourth-order valence-corrected chi connectivity index (χ4v) is 3.71. The molecule has 0 aromatic heterocycles. The van der Waals surface area contributed by atoms with Gasteiger partial charge in [-0.05, 0) is 54.7 Å². The van der Waals surface area contributed by atoms with Crippen molar-refractivity contribution in [1.29, 1.82) is 0 Å². The van der Waals surface area contributed by atoms with Gasteiger partial charge in [-0.1, -0.05) is 22.0 Å². The molecule has 19 heavy (non-hydrogen) atoms. The zero-order chi connectivity index (χ0) is 13.5. The van der Waals surface area contributed by atoms with Crippen molar-refractivity contribution in [1.82, 2.24) is 5.32 Å². The zero-order valence-electron chi connectivity index (χ0n) is 11.2. The van der Waals surface area contributed by atoms with Gasteiger partial charge in [0.2, 0.25) is 0 Å². The third kappa shape index (κ3) is 5.10. The summed E-state index contributed by atoms with van der Waals surface area (Å²) in [6.45, 7) is 1.39. The Kier molecular flexibility index (Phi) is 6.71. The highest BCUT2D eigenvalue weighted by Crippen LogP contribution is 2.24. The molecule has 1 aromatic carbocycles. The van der Waals surface area contributed by atoms with Crippen LogP contribution in [0.1, 0.15) is 24.0 Å².